The maximum atomic E-state index is 12.6. The Kier molecular flexibility index (Phi) is 5.36. The molecule has 1 heterocycles. The first-order valence-electron chi connectivity index (χ1n) is 7.67. The van der Waals surface area contributed by atoms with Crippen molar-refractivity contribution < 1.29 is 17.9 Å². The molecule has 1 amide bonds. The van der Waals surface area contributed by atoms with Gasteiger partial charge in [-0.25, -0.2) is 8.42 Å². The van der Waals surface area contributed by atoms with Crippen LogP contribution in [0.5, 0.6) is 5.75 Å². The van der Waals surface area contributed by atoms with E-state index >= 15 is 0 Å². The third-order valence-corrected chi connectivity index (χ3v) is 5.93. The van der Waals surface area contributed by atoms with Crippen molar-refractivity contribution in [3.05, 3.63) is 47.5 Å². The number of anilines is 2. The fourth-order valence-electron chi connectivity index (χ4n) is 2.60. The van der Waals surface area contributed by atoms with E-state index in [1.807, 2.05) is 24.5 Å². The molecule has 3 rings (SSSR count). The van der Waals surface area contributed by atoms with E-state index in [1.54, 1.807) is 30.0 Å². The lowest BCUT2D eigenvalue weighted by Crippen LogP contribution is -2.48. The number of hydrogen-bond acceptors (Lipinski definition) is 5. The van der Waals surface area contributed by atoms with Gasteiger partial charge < -0.3 is 10.1 Å². The third kappa shape index (κ3) is 4.08. The summed E-state index contributed by atoms with van der Waals surface area (Å²) in [5.41, 5.74) is 0.951. The number of carbonyl (C=O) groups is 1. The molecule has 1 aliphatic rings. The first kappa shape index (κ1) is 18.9. The Morgan fingerprint density at radius 2 is 2.08 bits per heavy atom. The zero-order valence-corrected chi connectivity index (χ0v) is 16.5. The van der Waals surface area contributed by atoms with E-state index in [1.165, 1.54) is 6.07 Å². The normalized spacial score (nSPS) is 16.6. The van der Waals surface area contributed by atoms with Crippen molar-refractivity contribution in [3.63, 3.8) is 0 Å². The molecule has 0 saturated heterocycles. The van der Waals surface area contributed by atoms with Crippen molar-refractivity contribution in [2.45, 2.75) is 11.0 Å². The first-order chi connectivity index (χ1) is 12.3. The van der Waals surface area contributed by atoms with Crippen LogP contribution >= 0.6 is 23.4 Å². The van der Waals surface area contributed by atoms with Crippen LogP contribution in [0.3, 0.4) is 0 Å². The minimum absolute atomic E-state index is 0.125. The summed E-state index contributed by atoms with van der Waals surface area (Å²) in [5, 5.41) is 3.16. The Morgan fingerprint density at radius 3 is 2.77 bits per heavy atom. The predicted octanol–water partition coefficient (Wildman–Crippen LogP) is 3.23. The van der Waals surface area contributed by atoms with Gasteiger partial charge in [-0.15, -0.1) is 11.8 Å². The second-order valence-corrected chi connectivity index (χ2v) is 8.96. The Bertz CT molecular complexity index is 950. The Morgan fingerprint density at radius 1 is 1.31 bits per heavy atom. The molecule has 1 N–H and O–H groups in total. The molecular weight excluding hydrogens is 396 g/mol. The Balaban J connectivity index is 1.87. The average Bonchev–Trinajstić information content (AvgIpc) is 2.60. The van der Waals surface area contributed by atoms with Crippen molar-refractivity contribution in [2.24, 2.45) is 0 Å². The van der Waals surface area contributed by atoms with E-state index in [4.69, 9.17) is 16.3 Å². The number of nitrogens with zero attached hydrogens (tertiary/aromatic N) is 1. The molecule has 26 heavy (non-hydrogen) atoms. The number of benzene rings is 2. The SMILES string of the molecule is CSc1cccc(NC(=O)[C@@H]2CN(S(C)(=O)=O)c3cc(Cl)ccc3O2)c1. The minimum atomic E-state index is -3.59. The summed E-state index contributed by atoms with van der Waals surface area (Å²) in [4.78, 5) is 13.6. The van der Waals surface area contributed by atoms with Gasteiger partial charge in [0, 0.05) is 15.6 Å². The molecule has 0 bridgehead atoms. The molecule has 138 valence electrons. The number of ether oxygens (including phenoxy) is 1. The van der Waals surface area contributed by atoms with E-state index in [-0.39, 0.29) is 6.54 Å². The van der Waals surface area contributed by atoms with Crippen molar-refractivity contribution >= 4 is 50.7 Å². The van der Waals surface area contributed by atoms with Crippen LogP contribution in [0.15, 0.2) is 47.4 Å². The highest BCUT2D eigenvalue weighted by atomic mass is 35.5. The standard InChI is InChI=1S/C17H17ClN2O4S2/c1-25-13-5-3-4-12(9-13)19-17(21)16-10-20(26(2,22)23)14-8-11(18)6-7-15(14)24-16/h3-9,16H,10H2,1-2H3,(H,19,21)/t16-/m0/s1. The van der Waals surface area contributed by atoms with Gasteiger partial charge in [0.15, 0.2) is 6.10 Å². The average molecular weight is 413 g/mol. The predicted molar refractivity (Wildman–Crippen MR) is 105 cm³/mol. The number of sulfonamides is 1. The summed E-state index contributed by atoms with van der Waals surface area (Å²) in [6.07, 6.45) is 2.05. The topological polar surface area (TPSA) is 75.7 Å². The number of fused-ring (bicyclic) bond motifs is 1. The molecule has 0 spiro atoms. The van der Waals surface area contributed by atoms with Gasteiger partial charge in [0.05, 0.1) is 18.5 Å². The number of rotatable bonds is 4. The molecule has 0 radical (unpaired) electrons. The number of thioether (sulfide) groups is 1. The fourth-order valence-corrected chi connectivity index (χ4v) is 4.13. The minimum Gasteiger partial charge on any atom is -0.476 e. The summed E-state index contributed by atoms with van der Waals surface area (Å²) in [7, 11) is -3.59. The van der Waals surface area contributed by atoms with E-state index in [0.29, 0.717) is 22.1 Å². The number of halogens is 1. The van der Waals surface area contributed by atoms with Gasteiger partial charge >= 0.3 is 0 Å². The lowest BCUT2D eigenvalue weighted by molar-refractivity contribution is -0.122. The quantitative estimate of drug-likeness (QED) is 0.780. The zero-order valence-electron chi connectivity index (χ0n) is 14.1. The van der Waals surface area contributed by atoms with Gasteiger partial charge in [-0.2, -0.15) is 0 Å². The number of nitrogens with one attached hydrogen (secondary N) is 1. The van der Waals surface area contributed by atoms with Crippen LogP contribution in [0.1, 0.15) is 0 Å². The van der Waals surface area contributed by atoms with Crippen LogP contribution in [0, 0.1) is 0 Å². The van der Waals surface area contributed by atoms with Crippen molar-refractivity contribution in [3.8, 4) is 5.75 Å². The van der Waals surface area contributed by atoms with Crippen LogP contribution in [-0.4, -0.2) is 39.5 Å². The molecule has 0 saturated carbocycles. The second kappa shape index (κ2) is 7.38. The van der Waals surface area contributed by atoms with Crippen molar-refractivity contribution in [2.75, 3.05) is 28.7 Å². The Hall–Kier alpha value is -1.90. The van der Waals surface area contributed by atoms with Gasteiger partial charge in [0.2, 0.25) is 10.0 Å². The van der Waals surface area contributed by atoms with Gasteiger partial charge in [-0.05, 0) is 42.7 Å². The number of amides is 1. The van der Waals surface area contributed by atoms with E-state index in [9.17, 15) is 13.2 Å². The molecular formula is C17H17ClN2O4S2. The van der Waals surface area contributed by atoms with Crippen LogP contribution in [0.25, 0.3) is 0 Å². The molecule has 0 unspecified atom stereocenters. The fraction of sp³-hybridized carbons (Fsp3) is 0.235. The Labute approximate surface area is 161 Å². The summed E-state index contributed by atoms with van der Waals surface area (Å²) in [6.45, 7) is -0.125. The molecule has 2 aromatic carbocycles. The molecule has 1 aliphatic heterocycles. The molecule has 0 aromatic heterocycles. The van der Waals surface area contributed by atoms with E-state index < -0.39 is 22.0 Å². The van der Waals surface area contributed by atoms with Gasteiger partial charge in [-0.3, -0.25) is 9.10 Å². The second-order valence-electron chi connectivity index (χ2n) is 5.73. The summed E-state index contributed by atoms with van der Waals surface area (Å²) >= 11 is 7.53. The molecule has 6 nitrogen and oxygen atoms in total. The maximum absolute atomic E-state index is 12.6. The highest BCUT2D eigenvalue weighted by Gasteiger charge is 2.35. The lowest BCUT2D eigenvalue weighted by atomic mass is 10.2. The van der Waals surface area contributed by atoms with Crippen LogP contribution in [-0.2, 0) is 14.8 Å². The van der Waals surface area contributed by atoms with Gasteiger partial charge in [0.25, 0.3) is 5.91 Å². The number of hydrogen-bond donors (Lipinski definition) is 1. The monoisotopic (exact) mass is 412 g/mol. The van der Waals surface area contributed by atoms with Crippen molar-refractivity contribution in [1.29, 1.82) is 0 Å². The summed E-state index contributed by atoms with van der Waals surface area (Å²) in [6, 6.07) is 12.0. The maximum Gasteiger partial charge on any atom is 0.267 e. The molecule has 1 atom stereocenters. The molecule has 2 aromatic rings. The summed E-state index contributed by atoms with van der Waals surface area (Å²) in [5.74, 6) is -0.124. The van der Waals surface area contributed by atoms with Gasteiger partial charge in [0.1, 0.15) is 5.75 Å². The largest absolute Gasteiger partial charge is 0.476 e. The molecule has 9 heteroatoms. The lowest BCUT2D eigenvalue weighted by Gasteiger charge is -2.34. The first-order valence-corrected chi connectivity index (χ1v) is 11.1. The molecule has 0 fully saturated rings. The smallest absolute Gasteiger partial charge is 0.267 e. The van der Waals surface area contributed by atoms with E-state index in [2.05, 4.69) is 5.32 Å². The summed E-state index contributed by atoms with van der Waals surface area (Å²) < 4.78 is 31.2. The van der Waals surface area contributed by atoms with E-state index in [0.717, 1.165) is 15.5 Å². The zero-order chi connectivity index (χ0) is 18.9. The van der Waals surface area contributed by atoms with Crippen LogP contribution in [0.4, 0.5) is 11.4 Å². The van der Waals surface area contributed by atoms with Crippen LogP contribution in [0.2, 0.25) is 5.02 Å². The highest BCUT2D eigenvalue weighted by Crippen LogP contribution is 2.37. The third-order valence-electron chi connectivity index (χ3n) is 3.82. The van der Waals surface area contributed by atoms with Gasteiger partial charge in [-0.1, -0.05) is 17.7 Å². The van der Waals surface area contributed by atoms with Crippen molar-refractivity contribution in [1.82, 2.24) is 0 Å². The number of carbonyl (C=O) groups excluding carboxylic acids is 1. The molecule has 0 aliphatic carbocycles. The van der Waals surface area contributed by atoms with Crippen LogP contribution < -0.4 is 14.4 Å². The highest BCUT2D eigenvalue weighted by molar-refractivity contribution is 7.98.